The Kier molecular flexibility index (Phi) is 3.20. The number of rotatable bonds is 1. The van der Waals surface area contributed by atoms with Crippen molar-refractivity contribution in [1.82, 2.24) is 5.43 Å². The van der Waals surface area contributed by atoms with Gasteiger partial charge in [-0.1, -0.05) is 30.3 Å². The van der Waals surface area contributed by atoms with Crippen LogP contribution in [-0.2, 0) is 4.74 Å². The van der Waals surface area contributed by atoms with E-state index >= 15 is 0 Å². The summed E-state index contributed by atoms with van der Waals surface area (Å²) in [5.41, 5.74) is 7.54. The van der Waals surface area contributed by atoms with Crippen molar-refractivity contribution in [2.75, 3.05) is 0 Å². The van der Waals surface area contributed by atoms with Crippen LogP contribution in [0.3, 0.4) is 0 Å². The van der Waals surface area contributed by atoms with E-state index in [-0.39, 0.29) is 11.5 Å². The first-order chi connectivity index (χ1) is 10.4. The minimum absolute atomic E-state index is 0.0203. The van der Waals surface area contributed by atoms with E-state index in [4.69, 9.17) is 10.5 Å². The van der Waals surface area contributed by atoms with Gasteiger partial charge in [0.25, 0.3) is 0 Å². The van der Waals surface area contributed by atoms with Gasteiger partial charge in [0.2, 0.25) is 5.88 Å². The Hall–Kier alpha value is -2.69. The standard InChI is InChI=1S/C14H11F3N4O/c15-14(16,17)11-10-9(7-4-2-1-3-5-7)8(6-18)12(19)22-13(10)21-20-11/h1-5,9-10,13,21H,19H2/t9-,10+,13+/m1/s1. The molecular formula is C14H11F3N4O. The van der Waals surface area contributed by atoms with Crippen molar-refractivity contribution in [2.45, 2.75) is 18.3 Å². The van der Waals surface area contributed by atoms with Gasteiger partial charge >= 0.3 is 6.18 Å². The Balaban J connectivity index is 2.14. The van der Waals surface area contributed by atoms with Crippen LogP contribution in [0.5, 0.6) is 0 Å². The number of ether oxygens (including phenoxy) is 1. The topological polar surface area (TPSA) is 83.4 Å². The van der Waals surface area contributed by atoms with Gasteiger partial charge in [-0.2, -0.15) is 23.5 Å². The third-order valence-corrected chi connectivity index (χ3v) is 3.71. The molecule has 0 bridgehead atoms. The smallest absolute Gasteiger partial charge is 0.431 e. The number of halogens is 3. The van der Waals surface area contributed by atoms with Crippen LogP contribution in [-0.4, -0.2) is 18.1 Å². The van der Waals surface area contributed by atoms with E-state index in [9.17, 15) is 18.4 Å². The fourth-order valence-electron chi connectivity index (χ4n) is 2.81. The van der Waals surface area contributed by atoms with Crippen LogP contribution < -0.4 is 11.2 Å². The predicted molar refractivity (Wildman–Crippen MR) is 71.0 cm³/mol. The number of hydrogen-bond donors (Lipinski definition) is 2. The monoisotopic (exact) mass is 308 g/mol. The van der Waals surface area contributed by atoms with E-state index in [0.717, 1.165) is 0 Å². The van der Waals surface area contributed by atoms with Gasteiger partial charge in [0, 0.05) is 5.92 Å². The predicted octanol–water partition coefficient (Wildman–Crippen LogP) is 1.96. The fourth-order valence-corrected chi connectivity index (χ4v) is 2.81. The molecule has 22 heavy (non-hydrogen) atoms. The van der Waals surface area contributed by atoms with E-state index in [1.165, 1.54) is 0 Å². The van der Waals surface area contributed by atoms with Crippen molar-refractivity contribution >= 4 is 5.71 Å². The highest BCUT2D eigenvalue weighted by Crippen LogP contribution is 2.44. The molecule has 5 nitrogen and oxygen atoms in total. The lowest BCUT2D eigenvalue weighted by molar-refractivity contribution is -0.0661. The lowest BCUT2D eigenvalue weighted by atomic mass is 9.76. The van der Waals surface area contributed by atoms with Gasteiger partial charge in [0.15, 0.2) is 11.9 Å². The zero-order valence-corrected chi connectivity index (χ0v) is 11.1. The first-order valence-corrected chi connectivity index (χ1v) is 6.45. The maximum absolute atomic E-state index is 13.2. The van der Waals surface area contributed by atoms with E-state index in [1.54, 1.807) is 30.3 Å². The molecule has 2 heterocycles. The van der Waals surface area contributed by atoms with Crippen molar-refractivity contribution in [3.05, 3.63) is 47.4 Å². The molecule has 8 heteroatoms. The molecule has 3 N–H and O–H groups in total. The summed E-state index contributed by atoms with van der Waals surface area (Å²) >= 11 is 0. The second kappa shape index (κ2) is 4.94. The van der Waals surface area contributed by atoms with Crippen LogP contribution in [0, 0.1) is 17.2 Å². The molecule has 3 atom stereocenters. The minimum Gasteiger partial charge on any atom is -0.453 e. The molecule has 1 aromatic carbocycles. The average molecular weight is 308 g/mol. The highest BCUT2D eigenvalue weighted by molar-refractivity contribution is 5.94. The summed E-state index contributed by atoms with van der Waals surface area (Å²) < 4.78 is 44.8. The molecule has 1 aromatic rings. The summed E-state index contributed by atoms with van der Waals surface area (Å²) in [7, 11) is 0. The summed E-state index contributed by atoms with van der Waals surface area (Å²) in [6, 6.07) is 10.3. The van der Waals surface area contributed by atoms with Crippen LogP contribution in [0.15, 0.2) is 46.9 Å². The molecule has 0 saturated carbocycles. The molecule has 0 spiro atoms. The SMILES string of the molecule is N#CC1=C(N)O[C@@H]2NN=C(C(F)(F)F)[C@@H]2[C@@H]1c1ccccc1. The first-order valence-electron chi connectivity index (χ1n) is 6.45. The summed E-state index contributed by atoms with van der Waals surface area (Å²) in [5.74, 6) is -2.20. The van der Waals surface area contributed by atoms with Gasteiger partial charge in [-0.3, -0.25) is 5.43 Å². The second-order valence-corrected chi connectivity index (χ2v) is 4.97. The summed E-state index contributed by atoms with van der Waals surface area (Å²) in [4.78, 5) is 0. The maximum atomic E-state index is 13.2. The Labute approximate surface area is 123 Å². The number of alkyl halides is 3. The molecule has 0 amide bonds. The van der Waals surface area contributed by atoms with Crippen LogP contribution >= 0.6 is 0 Å². The van der Waals surface area contributed by atoms with Crippen molar-refractivity contribution in [2.24, 2.45) is 16.8 Å². The summed E-state index contributed by atoms with van der Waals surface area (Å²) in [6.45, 7) is 0. The maximum Gasteiger partial charge on any atom is 0.431 e. The average Bonchev–Trinajstić information content (AvgIpc) is 2.90. The number of fused-ring (bicyclic) bond motifs is 1. The molecule has 114 valence electrons. The Morgan fingerprint density at radius 3 is 2.55 bits per heavy atom. The zero-order valence-electron chi connectivity index (χ0n) is 11.1. The minimum atomic E-state index is -4.62. The largest absolute Gasteiger partial charge is 0.453 e. The number of nitriles is 1. The summed E-state index contributed by atoms with van der Waals surface area (Å²) in [6.07, 6.45) is -5.66. The molecule has 0 fully saturated rings. The highest BCUT2D eigenvalue weighted by Gasteiger charge is 2.54. The molecule has 3 rings (SSSR count). The molecule has 0 unspecified atom stereocenters. The van der Waals surface area contributed by atoms with E-state index in [0.29, 0.717) is 5.56 Å². The van der Waals surface area contributed by atoms with Gasteiger partial charge in [-0.15, -0.1) is 0 Å². The quantitative estimate of drug-likeness (QED) is 0.830. The number of nitrogens with one attached hydrogen (secondary N) is 1. The Morgan fingerprint density at radius 2 is 1.95 bits per heavy atom. The van der Waals surface area contributed by atoms with Crippen molar-refractivity contribution < 1.29 is 17.9 Å². The van der Waals surface area contributed by atoms with Crippen LogP contribution in [0.4, 0.5) is 13.2 Å². The van der Waals surface area contributed by atoms with Gasteiger partial charge in [0.1, 0.15) is 6.07 Å². The zero-order chi connectivity index (χ0) is 15.9. The second-order valence-electron chi connectivity index (χ2n) is 4.97. The van der Waals surface area contributed by atoms with Crippen LogP contribution in [0.25, 0.3) is 0 Å². The molecule has 0 radical (unpaired) electrons. The van der Waals surface area contributed by atoms with E-state index in [1.807, 2.05) is 6.07 Å². The Morgan fingerprint density at radius 1 is 1.27 bits per heavy atom. The molecule has 2 aliphatic rings. The van der Waals surface area contributed by atoms with Crippen molar-refractivity contribution in [3.8, 4) is 6.07 Å². The number of nitrogens with two attached hydrogens (primary N) is 1. The Bertz CT molecular complexity index is 690. The number of nitrogens with zero attached hydrogens (tertiary/aromatic N) is 2. The molecule has 0 aliphatic carbocycles. The van der Waals surface area contributed by atoms with Crippen molar-refractivity contribution in [1.29, 1.82) is 5.26 Å². The number of hydrogen-bond acceptors (Lipinski definition) is 5. The highest BCUT2D eigenvalue weighted by atomic mass is 19.4. The van der Waals surface area contributed by atoms with Crippen LogP contribution in [0.1, 0.15) is 11.5 Å². The fraction of sp³-hybridized carbons (Fsp3) is 0.286. The lowest BCUT2D eigenvalue weighted by Crippen LogP contribution is -2.45. The van der Waals surface area contributed by atoms with E-state index in [2.05, 4.69) is 10.5 Å². The van der Waals surface area contributed by atoms with Gasteiger partial charge in [-0.25, -0.2) is 0 Å². The lowest BCUT2D eigenvalue weighted by Gasteiger charge is -2.34. The van der Waals surface area contributed by atoms with Gasteiger partial charge in [0.05, 0.1) is 11.5 Å². The van der Waals surface area contributed by atoms with Crippen LogP contribution in [0.2, 0.25) is 0 Å². The van der Waals surface area contributed by atoms with Gasteiger partial charge in [-0.05, 0) is 5.56 Å². The molecule has 0 saturated heterocycles. The third-order valence-electron chi connectivity index (χ3n) is 3.71. The molecular weight excluding hydrogens is 297 g/mol. The molecule has 2 aliphatic heterocycles. The van der Waals surface area contributed by atoms with E-state index < -0.39 is 30.0 Å². The molecule has 0 aromatic heterocycles. The normalized spacial score (nSPS) is 27.4. The first kappa shape index (κ1) is 14.3. The van der Waals surface area contributed by atoms with Crippen molar-refractivity contribution in [3.63, 3.8) is 0 Å². The third kappa shape index (κ3) is 2.15. The number of allylic oxidation sites excluding steroid dienone is 1. The number of hydrazone groups is 1. The van der Waals surface area contributed by atoms with Gasteiger partial charge < -0.3 is 10.5 Å². The number of benzene rings is 1. The summed E-state index contributed by atoms with van der Waals surface area (Å²) in [5, 5.41) is 12.6.